The predicted octanol–water partition coefficient (Wildman–Crippen LogP) is 0.211. The van der Waals surface area contributed by atoms with Crippen molar-refractivity contribution in [3.05, 3.63) is 24.3 Å². The van der Waals surface area contributed by atoms with Crippen LogP contribution in [0.1, 0.15) is 18.7 Å². The van der Waals surface area contributed by atoms with E-state index >= 15 is 0 Å². The number of hydrogen-bond donors (Lipinski definition) is 2. The smallest absolute Gasteiger partial charge is 0.320 e. The molecule has 0 spiro atoms. The minimum atomic E-state index is -0.959. The highest BCUT2D eigenvalue weighted by atomic mass is 16.4. The van der Waals surface area contributed by atoms with E-state index in [9.17, 15) is 4.79 Å². The van der Waals surface area contributed by atoms with Crippen molar-refractivity contribution in [2.75, 3.05) is 0 Å². The highest BCUT2D eigenvalue weighted by Gasteiger charge is 2.10. The van der Waals surface area contributed by atoms with Crippen LogP contribution in [0.25, 0.3) is 0 Å². The number of carbonyl (C=O) groups is 1. The molecule has 76 valence electrons. The third-order valence-electron chi connectivity index (χ3n) is 1.85. The molecule has 0 fully saturated rings. The second kappa shape index (κ2) is 5.29. The Bertz CT molecular complexity index is 289. The van der Waals surface area contributed by atoms with Gasteiger partial charge in [-0.1, -0.05) is 0 Å². The summed E-state index contributed by atoms with van der Waals surface area (Å²) in [6.07, 6.45) is 5.14. The molecular formula is C9H13N3O2. The van der Waals surface area contributed by atoms with E-state index in [1.807, 2.05) is 0 Å². The summed E-state index contributed by atoms with van der Waals surface area (Å²) < 4.78 is 0. The van der Waals surface area contributed by atoms with Gasteiger partial charge >= 0.3 is 5.97 Å². The number of carboxylic acid groups (broad SMARTS) is 1. The average molecular weight is 195 g/mol. The zero-order valence-electron chi connectivity index (χ0n) is 7.76. The minimum Gasteiger partial charge on any atom is -0.480 e. The fourth-order valence-electron chi connectivity index (χ4n) is 1.06. The van der Waals surface area contributed by atoms with Gasteiger partial charge in [0.25, 0.3) is 0 Å². The minimum absolute atomic E-state index is 0.452. The van der Waals surface area contributed by atoms with Crippen molar-refractivity contribution in [2.24, 2.45) is 5.73 Å². The lowest BCUT2D eigenvalue weighted by Gasteiger charge is -2.04. The maximum atomic E-state index is 10.4. The number of nitrogens with zero attached hydrogens (tertiary/aromatic N) is 2. The van der Waals surface area contributed by atoms with Crippen molar-refractivity contribution in [1.29, 1.82) is 0 Å². The Balaban J connectivity index is 2.26. The molecule has 1 atom stereocenters. The molecule has 0 saturated heterocycles. The largest absolute Gasteiger partial charge is 0.480 e. The van der Waals surface area contributed by atoms with Crippen LogP contribution < -0.4 is 5.73 Å². The van der Waals surface area contributed by atoms with Crippen molar-refractivity contribution < 1.29 is 9.90 Å². The van der Waals surface area contributed by atoms with E-state index in [0.717, 1.165) is 5.82 Å². The second-order valence-electron chi connectivity index (χ2n) is 3.00. The Labute approximate surface area is 82.0 Å². The van der Waals surface area contributed by atoms with Crippen LogP contribution in [-0.2, 0) is 11.2 Å². The summed E-state index contributed by atoms with van der Waals surface area (Å²) in [6, 6.07) is 0.964. The summed E-state index contributed by atoms with van der Waals surface area (Å²) in [7, 11) is 0. The molecule has 0 radical (unpaired) electrons. The Kier molecular flexibility index (Phi) is 4.00. The molecule has 0 bridgehead atoms. The van der Waals surface area contributed by atoms with Gasteiger partial charge in [-0.3, -0.25) is 4.79 Å². The molecule has 14 heavy (non-hydrogen) atoms. The summed E-state index contributed by atoms with van der Waals surface area (Å²) in [6.45, 7) is 0. The molecule has 5 heteroatoms. The maximum absolute atomic E-state index is 10.4. The SMILES string of the molecule is N[C@H](CCCc1ncccn1)C(=O)O. The van der Waals surface area contributed by atoms with Crippen molar-refractivity contribution in [3.63, 3.8) is 0 Å². The number of hydrogen-bond acceptors (Lipinski definition) is 4. The quantitative estimate of drug-likeness (QED) is 0.701. The molecule has 1 aromatic heterocycles. The third-order valence-corrected chi connectivity index (χ3v) is 1.85. The van der Waals surface area contributed by atoms with Crippen molar-refractivity contribution in [1.82, 2.24) is 9.97 Å². The summed E-state index contributed by atoms with van der Waals surface area (Å²) >= 11 is 0. The van der Waals surface area contributed by atoms with Crippen molar-refractivity contribution in [2.45, 2.75) is 25.3 Å². The molecule has 0 aliphatic rings. The summed E-state index contributed by atoms with van der Waals surface area (Å²) in [5.74, 6) is -0.232. The van der Waals surface area contributed by atoms with E-state index in [4.69, 9.17) is 10.8 Å². The van der Waals surface area contributed by atoms with E-state index in [0.29, 0.717) is 19.3 Å². The Morgan fingerprint density at radius 3 is 2.71 bits per heavy atom. The van der Waals surface area contributed by atoms with Crippen LogP contribution in [0, 0.1) is 0 Å². The number of aliphatic carboxylic acids is 1. The topological polar surface area (TPSA) is 89.1 Å². The first-order valence-corrected chi connectivity index (χ1v) is 4.44. The van der Waals surface area contributed by atoms with Gasteiger partial charge in [0.2, 0.25) is 0 Å². The van der Waals surface area contributed by atoms with Crippen LogP contribution in [0.2, 0.25) is 0 Å². The average Bonchev–Trinajstić information content (AvgIpc) is 2.19. The molecule has 0 saturated carbocycles. The van der Waals surface area contributed by atoms with Crippen LogP contribution in [0.3, 0.4) is 0 Å². The molecule has 1 aromatic rings. The molecule has 3 N–H and O–H groups in total. The molecule has 0 aliphatic heterocycles. The molecule has 5 nitrogen and oxygen atoms in total. The lowest BCUT2D eigenvalue weighted by molar-refractivity contribution is -0.138. The number of rotatable bonds is 5. The van der Waals surface area contributed by atoms with Gasteiger partial charge in [-0.15, -0.1) is 0 Å². The molecule has 0 aliphatic carbocycles. The van der Waals surface area contributed by atoms with Gasteiger partial charge in [0.1, 0.15) is 11.9 Å². The zero-order valence-corrected chi connectivity index (χ0v) is 7.76. The number of aromatic nitrogens is 2. The Hall–Kier alpha value is -1.49. The first-order chi connectivity index (χ1) is 6.70. The van der Waals surface area contributed by atoms with E-state index in [-0.39, 0.29) is 0 Å². The maximum Gasteiger partial charge on any atom is 0.320 e. The van der Waals surface area contributed by atoms with Gasteiger partial charge in [-0.05, 0) is 18.9 Å². The molecule has 1 heterocycles. The monoisotopic (exact) mass is 195 g/mol. The summed E-state index contributed by atoms with van der Waals surface area (Å²) in [5.41, 5.74) is 5.34. The molecule has 0 unspecified atom stereocenters. The number of aryl methyl sites for hydroxylation is 1. The first-order valence-electron chi connectivity index (χ1n) is 4.44. The molecule has 0 aromatic carbocycles. The van der Waals surface area contributed by atoms with Gasteiger partial charge in [-0.2, -0.15) is 0 Å². The highest BCUT2D eigenvalue weighted by Crippen LogP contribution is 2.00. The van der Waals surface area contributed by atoms with Gasteiger partial charge in [0.15, 0.2) is 0 Å². The fraction of sp³-hybridized carbons (Fsp3) is 0.444. The lowest BCUT2D eigenvalue weighted by atomic mass is 10.1. The molecular weight excluding hydrogens is 182 g/mol. The predicted molar refractivity (Wildman–Crippen MR) is 50.6 cm³/mol. The van der Waals surface area contributed by atoms with Crippen LogP contribution in [0.4, 0.5) is 0 Å². The molecule has 0 amide bonds. The van der Waals surface area contributed by atoms with Crippen molar-refractivity contribution in [3.8, 4) is 0 Å². The second-order valence-corrected chi connectivity index (χ2v) is 3.00. The number of nitrogens with two attached hydrogens (primary N) is 1. The third kappa shape index (κ3) is 3.49. The Morgan fingerprint density at radius 2 is 2.14 bits per heavy atom. The van der Waals surface area contributed by atoms with Gasteiger partial charge in [0, 0.05) is 18.8 Å². The Morgan fingerprint density at radius 1 is 1.50 bits per heavy atom. The van der Waals surface area contributed by atoms with E-state index < -0.39 is 12.0 Å². The van der Waals surface area contributed by atoms with Crippen LogP contribution in [-0.4, -0.2) is 27.1 Å². The van der Waals surface area contributed by atoms with Gasteiger partial charge < -0.3 is 10.8 Å². The number of carboxylic acids is 1. The normalized spacial score (nSPS) is 12.4. The van der Waals surface area contributed by atoms with Gasteiger partial charge in [-0.25, -0.2) is 9.97 Å². The van der Waals surface area contributed by atoms with E-state index in [2.05, 4.69) is 9.97 Å². The van der Waals surface area contributed by atoms with Crippen LogP contribution in [0.15, 0.2) is 18.5 Å². The zero-order chi connectivity index (χ0) is 10.4. The standard InChI is InChI=1S/C9H13N3O2/c10-7(9(13)14)3-1-4-8-11-5-2-6-12-8/h2,5-7H,1,3-4,10H2,(H,13,14)/t7-/m1/s1. The van der Waals surface area contributed by atoms with E-state index in [1.165, 1.54) is 0 Å². The summed E-state index contributed by atoms with van der Waals surface area (Å²) in [5, 5.41) is 8.52. The summed E-state index contributed by atoms with van der Waals surface area (Å²) in [4.78, 5) is 18.4. The van der Waals surface area contributed by atoms with E-state index in [1.54, 1.807) is 18.5 Å². The highest BCUT2D eigenvalue weighted by molar-refractivity contribution is 5.72. The first kappa shape index (κ1) is 10.6. The molecule has 1 rings (SSSR count). The van der Waals surface area contributed by atoms with Crippen LogP contribution in [0.5, 0.6) is 0 Å². The fourth-order valence-corrected chi connectivity index (χ4v) is 1.06. The van der Waals surface area contributed by atoms with Gasteiger partial charge in [0.05, 0.1) is 0 Å². The van der Waals surface area contributed by atoms with Crippen molar-refractivity contribution >= 4 is 5.97 Å². The lowest BCUT2D eigenvalue weighted by Crippen LogP contribution is -2.29. The van der Waals surface area contributed by atoms with Crippen LogP contribution >= 0.6 is 0 Å².